The van der Waals surface area contributed by atoms with E-state index in [2.05, 4.69) is 24.2 Å². The summed E-state index contributed by atoms with van der Waals surface area (Å²) in [6, 6.07) is 17.9. The second kappa shape index (κ2) is 5.94. The fourth-order valence-electron chi connectivity index (χ4n) is 2.33. The van der Waals surface area contributed by atoms with Crippen LogP contribution in [0.3, 0.4) is 0 Å². The van der Waals surface area contributed by atoms with Crippen LogP contribution in [0.2, 0.25) is 0 Å². The van der Waals surface area contributed by atoms with Gasteiger partial charge in [0.25, 0.3) is 0 Å². The molecule has 1 N–H and O–H groups in total. The molecule has 1 aromatic heterocycles. The SMILES string of the molecule is CCc1ccc(C(O)c2cnn(-c3ccccc3)c2)cc1. The van der Waals surface area contributed by atoms with Crippen LogP contribution in [-0.2, 0) is 6.42 Å². The quantitative estimate of drug-likeness (QED) is 0.793. The van der Waals surface area contributed by atoms with E-state index in [1.165, 1.54) is 5.56 Å². The second-order valence-corrected chi connectivity index (χ2v) is 5.05. The molecule has 0 spiro atoms. The first kappa shape index (κ1) is 13.6. The molecular formula is C18H18N2O. The van der Waals surface area contributed by atoms with Crippen molar-refractivity contribution in [1.29, 1.82) is 0 Å². The number of para-hydroxylation sites is 1. The fourth-order valence-corrected chi connectivity index (χ4v) is 2.33. The molecule has 0 aliphatic rings. The van der Waals surface area contributed by atoms with Crippen molar-refractivity contribution in [3.05, 3.63) is 83.7 Å². The Balaban J connectivity index is 1.85. The van der Waals surface area contributed by atoms with E-state index in [0.29, 0.717) is 0 Å². The van der Waals surface area contributed by atoms with Crippen LogP contribution in [0.4, 0.5) is 0 Å². The van der Waals surface area contributed by atoms with E-state index in [9.17, 15) is 5.11 Å². The third kappa shape index (κ3) is 2.88. The van der Waals surface area contributed by atoms with Gasteiger partial charge < -0.3 is 5.11 Å². The van der Waals surface area contributed by atoms with E-state index in [-0.39, 0.29) is 0 Å². The molecule has 0 saturated heterocycles. The van der Waals surface area contributed by atoms with E-state index in [0.717, 1.165) is 23.2 Å². The summed E-state index contributed by atoms with van der Waals surface area (Å²) in [6.45, 7) is 2.12. The van der Waals surface area contributed by atoms with Crippen LogP contribution in [-0.4, -0.2) is 14.9 Å². The smallest absolute Gasteiger partial charge is 0.107 e. The van der Waals surface area contributed by atoms with E-state index in [1.807, 2.05) is 48.7 Å². The summed E-state index contributed by atoms with van der Waals surface area (Å²) in [6.07, 6.45) is 3.94. The molecule has 0 aliphatic carbocycles. The normalized spacial score (nSPS) is 12.3. The molecule has 0 radical (unpaired) electrons. The standard InChI is InChI=1S/C18H18N2O/c1-2-14-8-10-15(11-9-14)18(21)16-12-19-20(13-16)17-6-4-3-5-7-17/h3-13,18,21H,2H2,1H3. The second-order valence-electron chi connectivity index (χ2n) is 5.05. The number of hydrogen-bond donors (Lipinski definition) is 1. The maximum atomic E-state index is 10.5. The van der Waals surface area contributed by atoms with Crippen molar-refractivity contribution in [3.63, 3.8) is 0 Å². The van der Waals surface area contributed by atoms with Gasteiger partial charge in [0, 0.05) is 11.8 Å². The van der Waals surface area contributed by atoms with Gasteiger partial charge in [-0.3, -0.25) is 0 Å². The van der Waals surface area contributed by atoms with Crippen LogP contribution in [0.1, 0.15) is 29.7 Å². The Morgan fingerprint density at radius 2 is 1.71 bits per heavy atom. The van der Waals surface area contributed by atoms with E-state index >= 15 is 0 Å². The summed E-state index contributed by atoms with van der Waals surface area (Å²) >= 11 is 0. The van der Waals surface area contributed by atoms with Gasteiger partial charge in [0.05, 0.1) is 11.9 Å². The molecule has 21 heavy (non-hydrogen) atoms. The van der Waals surface area contributed by atoms with Gasteiger partial charge in [-0.15, -0.1) is 0 Å². The Labute approximate surface area is 124 Å². The van der Waals surface area contributed by atoms with Crippen molar-refractivity contribution in [2.75, 3.05) is 0 Å². The number of benzene rings is 2. The summed E-state index contributed by atoms with van der Waals surface area (Å²) in [5.74, 6) is 0. The minimum Gasteiger partial charge on any atom is -0.384 e. The maximum absolute atomic E-state index is 10.5. The van der Waals surface area contributed by atoms with Gasteiger partial charge >= 0.3 is 0 Å². The third-order valence-corrected chi connectivity index (χ3v) is 3.64. The van der Waals surface area contributed by atoms with Crippen molar-refractivity contribution in [2.45, 2.75) is 19.4 Å². The Bertz CT molecular complexity index is 702. The molecule has 3 rings (SSSR count). The van der Waals surface area contributed by atoms with Crippen LogP contribution in [0.25, 0.3) is 5.69 Å². The number of nitrogens with zero attached hydrogens (tertiary/aromatic N) is 2. The Kier molecular flexibility index (Phi) is 3.84. The number of aliphatic hydroxyl groups excluding tert-OH is 1. The molecule has 1 atom stereocenters. The molecule has 0 bridgehead atoms. The van der Waals surface area contributed by atoms with E-state index in [4.69, 9.17) is 0 Å². The van der Waals surface area contributed by atoms with Crippen molar-refractivity contribution < 1.29 is 5.11 Å². The highest BCUT2D eigenvalue weighted by atomic mass is 16.3. The molecule has 0 saturated carbocycles. The highest BCUT2D eigenvalue weighted by Crippen LogP contribution is 2.22. The molecule has 3 nitrogen and oxygen atoms in total. The lowest BCUT2D eigenvalue weighted by Crippen LogP contribution is -1.99. The van der Waals surface area contributed by atoms with Crippen molar-refractivity contribution in [3.8, 4) is 5.69 Å². The van der Waals surface area contributed by atoms with Gasteiger partial charge in [0.2, 0.25) is 0 Å². The molecule has 0 fully saturated rings. The monoisotopic (exact) mass is 278 g/mol. The van der Waals surface area contributed by atoms with Crippen LogP contribution in [0.5, 0.6) is 0 Å². The summed E-state index contributed by atoms with van der Waals surface area (Å²) in [5, 5.41) is 14.8. The highest BCUT2D eigenvalue weighted by molar-refractivity contribution is 5.34. The topological polar surface area (TPSA) is 38.1 Å². The van der Waals surface area contributed by atoms with E-state index in [1.54, 1.807) is 10.9 Å². The zero-order valence-corrected chi connectivity index (χ0v) is 12.0. The predicted molar refractivity (Wildman–Crippen MR) is 83.4 cm³/mol. The number of aliphatic hydroxyl groups is 1. The van der Waals surface area contributed by atoms with Crippen molar-refractivity contribution >= 4 is 0 Å². The maximum Gasteiger partial charge on any atom is 0.107 e. The van der Waals surface area contributed by atoms with Gasteiger partial charge in [-0.25, -0.2) is 4.68 Å². The largest absolute Gasteiger partial charge is 0.384 e. The van der Waals surface area contributed by atoms with Gasteiger partial charge in [0.1, 0.15) is 6.10 Å². The molecule has 106 valence electrons. The number of rotatable bonds is 4. The summed E-state index contributed by atoms with van der Waals surface area (Å²) in [4.78, 5) is 0. The lowest BCUT2D eigenvalue weighted by Gasteiger charge is -2.09. The lowest BCUT2D eigenvalue weighted by atomic mass is 10.0. The van der Waals surface area contributed by atoms with E-state index < -0.39 is 6.10 Å². The molecule has 0 aliphatic heterocycles. The minimum atomic E-state index is -0.645. The first-order valence-electron chi connectivity index (χ1n) is 7.15. The van der Waals surface area contributed by atoms with Crippen LogP contribution < -0.4 is 0 Å². The zero-order chi connectivity index (χ0) is 14.7. The van der Waals surface area contributed by atoms with Crippen LogP contribution in [0.15, 0.2) is 67.0 Å². The predicted octanol–water partition coefficient (Wildman–Crippen LogP) is 3.52. The minimum absolute atomic E-state index is 0.645. The molecule has 3 heteroatoms. The van der Waals surface area contributed by atoms with Crippen molar-refractivity contribution in [1.82, 2.24) is 9.78 Å². The highest BCUT2D eigenvalue weighted by Gasteiger charge is 2.13. The van der Waals surface area contributed by atoms with Crippen LogP contribution in [0, 0.1) is 0 Å². The summed E-state index contributed by atoms with van der Waals surface area (Å²) in [7, 11) is 0. The number of hydrogen-bond acceptors (Lipinski definition) is 2. The molecule has 1 unspecified atom stereocenters. The number of aromatic nitrogens is 2. The van der Waals surface area contributed by atoms with Crippen LogP contribution >= 0.6 is 0 Å². The average molecular weight is 278 g/mol. The number of aryl methyl sites for hydroxylation is 1. The Morgan fingerprint density at radius 1 is 1.00 bits per heavy atom. The summed E-state index contributed by atoms with van der Waals surface area (Å²) < 4.78 is 1.78. The first-order valence-corrected chi connectivity index (χ1v) is 7.15. The van der Waals surface area contributed by atoms with Gasteiger partial charge in [-0.1, -0.05) is 49.4 Å². The molecule has 2 aromatic carbocycles. The van der Waals surface area contributed by atoms with Gasteiger partial charge in [-0.2, -0.15) is 5.10 Å². The van der Waals surface area contributed by atoms with Crippen molar-refractivity contribution in [2.24, 2.45) is 0 Å². The zero-order valence-electron chi connectivity index (χ0n) is 12.0. The van der Waals surface area contributed by atoms with Gasteiger partial charge in [-0.05, 0) is 29.7 Å². The average Bonchev–Trinajstić information content (AvgIpc) is 3.05. The first-order chi connectivity index (χ1) is 10.3. The lowest BCUT2D eigenvalue weighted by molar-refractivity contribution is 0.220. The summed E-state index contributed by atoms with van der Waals surface area (Å²) in [5.41, 5.74) is 3.94. The third-order valence-electron chi connectivity index (χ3n) is 3.64. The molecule has 0 amide bonds. The molecule has 3 aromatic rings. The van der Waals surface area contributed by atoms with Gasteiger partial charge in [0.15, 0.2) is 0 Å². The fraction of sp³-hybridized carbons (Fsp3) is 0.167. The molecule has 1 heterocycles. The Morgan fingerprint density at radius 3 is 2.38 bits per heavy atom. The molecular weight excluding hydrogens is 260 g/mol. The Hall–Kier alpha value is -2.39.